The zero-order valence-corrected chi connectivity index (χ0v) is 16.5. The fourth-order valence-electron chi connectivity index (χ4n) is 3.81. The quantitative estimate of drug-likeness (QED) is 0.544. The van der Waals surface area contributed by atoms with Crippen LogP contribution in [0.1, 0.15) is 12.8 Å². The number of likely N-dealkylation sites (tertiary alicyclic amines) is 1. The Morgan fingerprint density at radius 1 is 1.03 bits per heavy atom. The van der Waals surface area contributed by atoms with Gasteiger partial charge in [0.15, 0.2) is 0 Å². The smallest absolute Gasteiger partial charge is 0.128 e. The van der Waals surface area contributed by atoms with E-state index in [4.69, 9.17) is 9.47 Å². The maximum absolute atomic E-state index is 10.4. The van der Waals surface area contributed by atoms with Gasteiger partial charge < -0.3 is 29.6 Å². The molecular formula is C23H28N2O4. The minimum atomic E-state index is -0.519. The highest BCUT2D eigenvalue weighted by Gasteiger charge is 2.22. The Labute approximate surface area is 170 Å². The van der Waals surface area contributed by atoms with E-state index in [1.807, 2.05) is 30.5 Å². The van der Waals surface area contributed by atoms with Crippen molar-refractivity contribution in [3.05, 3.63) is 54.7 Å². The summed E-state index contributed by atoms with van der Waals surface area (Å²) >= 11 is 0. The first-order valence-electron chi connectivity index (χ1n) is 10.2. The monoisotopic (exact) mass is 396 g/mol. The highest BCUT2D eigenvalue weighted by Crippen LogP contribution is 2.25. The van der Waals surface area contributed by atoms with E-state index < -0.39 is 6.10 Å². The number of hydrogen-bond acceptors (Lipinski definition) is 5. The lowest BCUT2D eigenvalue weighted by Crippen LogP contribution is -2.41. The number of hydrogen-bond donors (Lipinski definition) is 3. The summed E-state index contributed by atoms with van der Waals surface area (Å²) in [6.45, 7) is 3.50. The van der Waals surface area contributed by atoms with Gasteiger partial charge in [-0.2, -0.15) is 0 Å². The zero-order valence-electron chi connectivity index (χ0n) is 16.5. The number of nitrogens with zero attached hydrogens (tertiary/aromatic N) is 1. The maximum Gasteiger partial charge on any atom is 0.128 e. The van der Waals surface area contributed by atoms with E-state index in [1.165, 1.54) is 0 Å². The second kappa shape index (κ2) is 9.20. The molecular weight excluding hydrogens is 368 g/mol. The zero-order chi connectivity index (χ0) is 20.1. The Bertz CT molecular complexity index is 901. The van der Waals surface area contributed by atoms with Crippen molar-refractivity contribution in [3.8, 4) is 17.2 Å². The summed E-state index contributed by atoms with van der Waals surface area (Å²) < 4.78 is 11.7. The number of β-amino-alcohol motifs (C(OH)–C–C–N with tert-alkyl or cyclic N) is 1. The van der Waals surface area contributed by atoms with Gasteiger partial charge in [0, 0.05) is 23.6 Å². The van der Waals surface area contributed by atoms with E-state index in [-0.39, 0.29) is 12.4 Å². The first-order valence-corrected chi connectivity index (χ1v) is 10.2. The molecule has 1 saturated heterocycles. The topological polar surface area (TPSA) is 78.0 Å². The third-order valence-electron chi connectivity index (χ3n) is 5.48. The highest BCUT2D eigenvalue weighted by molar-refractivity contribution is 5.85. The van der Waals surface area contributed by atoms with Crippen molar-refractivity contribution in [1.82, 2.24) is 9.88 Å². The van der Waals surface area contributed by atoms with Crippen molar-refractivity contribution < 1.29 is 19.7 Å². The van der Waals surface area contributed by atoms with Crippen LogP contribution in [0, 0.1) is 5.92 Å². The van der Waals surface area contributed by atoms with Crippen LogP contribution >= 0.6 is 0 Å². The minimum Gasteiger partial charge on any atom is -0.508 e. The second-order valence-corrected chi connectivity index (χ2v) is 7.71. The molecule has 3 N–H and O–H groups in total. The number of aromatic hydroxyl groups is 1. The standard InChI is InChI=1S/C23H28N2O4/c26-18-4-6-20(7-5-18)28-15-17-9-12-25(13-10-17)14-19(27)16-29-23-3-1-2-22-21(23)8-11-24-22/h1-8,11,17,19,24,26-27H,9-10,12-16H2. The Kier molecular flexibility index (Phi) is 6.22. The summed E-state index contributed by atoms with van der Waals surface area (Å²) in [4.78, 5) is 5.46. The maximum atomic E-state index is 10.4. The number of phenols is 1. The number of fused-ring (bicyclic) bond motifs is 1. The minimum absolute atomic E-state index is 0.248. The third kappa shape index (κ3) is 5.22. The van der Waals surface area contributed by atoms with Crippen LogP contribution in [0.4, 0.5) is 0 Å². The molecule has 154 valence electrons. The molecule has 29 heavy (non-hydrogen) atoms. The molecule has 0 spiro atoms. The molecule has 2 aromatic carbocycles. The van der Waals surface area contributed by atoms with Crippen molar-refractivity contribution in [2.75, 3.05) is 32.8 Å². The summed E-state index contributed by atoms with van der Waals surface area (Å²) in [5, 5.41) is 20.8. The molecule has 1 aliphatic rings. The largest absolute Gasteiger partial charge is 0.508 e. The number of ether oxygens (including phenoxy) is 2. The molecule has 6 nitrogen and oxygen atoms in total. The van der Waals surface area contributed by atoms with E-state index in [0.717, 1.165) is 48.3 Å². The molecule has 0 amide bonds. The van der Waals surface area contributed by atoms with Gasteiger partial charge in [-0.15, -0.1) is 0 Å². The predicted octanol–water partition coefficient (Wildman–Crippen LogP) is 3.40. The lowest BCUT2D eigenvalue weighted by Gasteiger charge is -2.33. The van der Waals surface area contributed by atoms with Crippen LogP contribution in [-0.2, 0) is 0 Å². The van der Waals surface area contributed by atoms with Gasteiger partial charge in [-0.1, -0.05) is 6.07 Å². The van der Waals surface area contributed by atoms with Gasteiger partial charge in [0.2, 0.25) is 0 Å². The van der Waals surface area contributed by atoms with E-state index in [0.29, 0.717) is 19.1 Å². The molecule has 1 atom stereocenters. The second-order valence-electron chi connectivity index (χ2n) is 7.71. The van der Waals surface area contributed by atoms with Crippen LogP contribution in [0.25, 0.3) is 10.9 Å². The third-order valence-corrected chi connectivity index (χ3v) is 5.48. The number of phenolic OH excluding ortho intramolecular Hbond substituents is 1. The number of aliphatic hydroxyl groups excluding tert-OH is 1. The van der Waals surface area contributed by atoms with Crippen molar-refractivity contribution in [1.29, 1.82) is 0 Å². The van der Waals surface area contributed by atoms with E-state index >= 15 is 0 Å². The van der Waals surface area contributed by atoms with Crippen molar-refractivity contribution >= 4 is 10.9 Å². The van der Waals surface area contributed by atoms with Gasteiger partial charge in [-0.05, 0) is 74.3 Å². The molecule has 1 aliphatic heterocycles. The number of piperidine rings is 1. The number of H-pyrrole nitrogens is 1. The molecule has 2 heterocycles. The first-order chi connectivity index (χ1) is 14.2. The van der Waals surface area contributed by atoms with E-state index in [9.17, 15) is 10.2 Å². The number of aromatic nitrogens is 1. The van der Waals surface area contributed by atoms with Crippen molar-refractivity contribution in [3.63, 3.8) is 0 Å². The summed E-state index contributed by atoms with van der Waals surface area (Å²) in [7, 11) is 0. The fraction of sp³-hybridized carbons (Fsp3) is 0.391. The molecule has 0 aliphatic carbocycles. The van der Waals surface area contributed by atoms with Crippen LogP contribution < -0.4 is 9.47 Å². The van der Waals surface area contributed by atoms with Gasteiger partial charge in [0.25, 0.3) is 0 Å². The van der Waals surface area contributed by atoms with Gasteiger partial charge in [0.1, 0.15) is 30.0 Å². The fourth-order valence-corrected chi connectivity index (χ4v) is 3.81. The molecule has 1 unspecified atom stereocenters. The number of aliphatic hydroxyl groups is 1. The summed E-state index contributed by atoms with van der Waals surface area (Å²) in [5.41, 5.74) is 1.04. The molecule has 3 aromatic rings. The van der Waals surface area contributed by atoms with Crippen molar-refractivity contribution in [2.24, 2.45) is 5.92 Å². The van der Waals surface area contributed by atoms with Crippen LogP contribution in [0.15, 0.2) is 54.7 Å². The van der Waals surface area contributed by atoms with Crippen LogP contribution in [0.2, 0.25) is 0 Å². The molecule has 0 saturated carbocycles. The lowest BCUT2D eigenvalue weighted by molar-refractivity contribution is 0.0507. The average molecular weight is 396 g/mol. The van der Waals surface area contributed by atoms with E-state index in [2.05, 4.69) is 9.88 Å². The number of benzene rings is 2. The van der Waals surface area contributed by atoms with Crippen LogP contribution in [0.3, 0.4) is 0 Å². The first kappa shape index (κ1) is 19.6. The molecule has 1 aromatic heterocycles. The lowest BCUT2D eigenvalue weighted by atomic mass is 9.97. The number of aromatic amines is 1. The average Bonchev–Trinajstić information content (AvgIpc) is 3.22. The van der Waals surface area contributed by atoms with Gasteiger partial charge >= 0.3 is 0 Å². The van der Waals surface area contributed by atoms with Crippen LogP contribution in [-0.4, -0.2) is 59.0 Å². The Morgan fingerprint density at radius 2 is 1.83 bits per heavy atom. The van der Waals surface area contributed by atoms with Gasteiger partial charge in [0.05, 0.1) is 6.61 Å². The SMILES string of the molecule is Oc1ccc(OCC2CCN(CC(O)COc3cccc4[nH]ccc34)CC2)cc1. The summed E-state index contributed by atoms with van der Waals surface area (Å²) in [6, 6.07) is 14.7. The Morgan fingerprint density at radius 3 is 2.62 bits per heavy atom. The predicted molar refractivity (Wildman–Crippen MR) is 113 cm³/mol. The highest BCUT2D eigenvalue weighted by atomic mass is 16.5. The van der Waals surface area contributed by atoms with Gasteiger partial charge in [-0.25, -0.2) is 0 Å². The Balaban J connectivity index is 1.17. The van der Waals surface area contributed by atoms with Gasteiger partial charge in [-0.3, -0.25) is 0 Å². The number of rotatable bonds is 8. The normalized spacial score (nSPS) is 16.7. The van der Waals surface area contributed by atoms with Crippen molar-refractivity contribution in [2.45, 2.75) is 18.9 Å². The van der Waals surface area contributed by atoms with E-state index in [1.54, 1.807) is 24.3 Å². The van der Waals surface area contributed by atoms with Crippen LogP contribution in [0.5, 0.6) is 17.2 Å². The number of nitrogens with one attached hydrogen (secondary N) is 1. The molecule has 0 radical (unpaired) electrons. The summed E-state index contributed by atoms with van der Waals surface area (Å²) in [6.07, 6.45) is 3.47. The molecule has 1 fully saturated rings. The molecule has 0 bridgehead atoms. The molecule has 4 rings (SSSR count). The Hall–Kier alpha value is -2.70. The molecule has 6 heteroatoms. The summed E-state index contributed by atoms with van der Waals surface area (Å²) in [5.74, 6) is 2.35.